The Labute approximate surface area is 127 Å². The van der Waals surface area contributed by atoms with Crippen molar-refractivity contribution in [2.24, 2.45) is 5.84 Å². The fourth-order valence-electron chi connectivity index (χ4n) is 2.50. The highest BCUT2D eigenvalue weighted by Gasteiger charge is 2.20. The van der Waals surface area contributed by atoms with E-state index >= 15 is 0 Å². The van der Waals surface area contributed by atoms with Crippen LogP contribution in [0.15, 0.2) is 40.9 Å². The summed E-state index contributed by atoms with van der Waals surface area (Å²) in [5.74, 6) is 6.44. The van der Waals surface area contributed by atoms with Crippen molar-refractivity contribution in [3.63, 3.8) is 0 Å². The van der Waals surface area contributed by atoms with E-state index in [-0.39, 0.29) is 6.04 Å². The summed E-state index contributed by atoms with van der Waals surface area (Å²) >= 11 is 6.01. The second-order valence-electron chi connectivity index (χ2n) is 5.15. The van der Waals surface area contributed by atoms with Gasteiger partial charge in [-0.2, -0.15) is 0 Å². The third-order valence-electron chi connectivity index (χ3n) is 3.48. The molecule has 21 heavy (non-hydrogen) atoms. The molecule has 0 radical (unpaired) electrons. The number of aryl methyl sites for hydroxylation is 2. The summed E-state index contributed by atoms with van der Waals surface area (Å²) in [6, 6.07) is 9.24. The van der Waals surface area contributed by atoms with Gasteiger partial charge in [0.1, 0.15) is 17.4 Å². The van der Waals surface area contributed by atoms with Crippen LogP contribution >= 0.6 is 11.6 Å². The van der Waals surface area contributed by atoms with Gasteiger partial charge in [-0.05, 0) is 49.2 Å². The lowest BCUT2D eigenvalue weighted by Crippen LogP contribution is -2.29. The van der Waals surface area contributed by atoms with E-state index in [4.69, 9.17) is 21.9 Å². The number of halogens is 1. The summed E-state index contributed by atoms with van der Waals surface area (Å²) in [4.78, 5) is 4.48. The summed E-state index contributed by atoms with van der Waals surface area (Å²) in [7, 11) is 0. The highest BCUT2D eigenvalue weighted by molar-refractivity contribution is 6.31. The summed E-state index contributed by atoms with van der Waals surface area (Å²) in [6.45, 7) is 4.02. The lowest BCUT2D eigenvalue weighted by Gasteiger charge is -2.15. The first-order valence-corrected chi connectivity index (χ1v) is 7.04. The number of pyridine rings is 1. The molecule has 1 aromatic carbocycles. The number of furan rings is 1. The van der Waals surface area contributed by atoms with Gasteiger partial charge in [-0.3, -0.25) is 10.8 Å². The third kappa shape index (κ3) is 2.65. The second-order valence-corrected chi connectivity index (χ2v) is 5.58. The van der Waals surface area contributed by atoms with Crippen molar-refractivity contribution in [3.05, 3.63) is 64.1 Å². The zero-order valence-electron chi connectivity index (χ0n) is 11.9. The summed E-state index contributed by atoms with van der Waals surface area (Å²) in [5, 5.41) is 1.62. The van der Waals surface area contributed by atoms with Gasteiger partial charge in [0, 0.05) is 16.6 Å². The van der Waals surface area contributed by atoms with Crippen LogP contribution in [0, 0.1) is 13.8 Å². The van der Waals surface area contributed by atoms with E-state index in [1.807, 2.05) is 38.2 Å². The maximum atomic E-state index is 6.01. The molecule has 0 saturated heterocycles. The number of hydrazine groups is 1. The number of fused-ring (bicyclic) bond motifs is 1. The van der Waals surface area contributed by atoms with Crippen LogP contribution < -0.4 is 11.3 Å². The van der Waals surface area contributed by atoms with E-state index in [0.29, 0.717) is 10.8 Å². The molecular weight excluding hydrogens is 286 g/mol. The molecule has 2 heterocycles. The molecule has 0 aliphatic rings. The van der Waals surface area contributed by atoms with Gasteiger partial charge in [-0.25, -0.2) is 5.43 Å². The average Bonchev–Trinajstić information content (AvgIpc) is 2.84. The number of hydrogen-bond acceptors (Lipinski definition) is 4. The van der Waals surface area contributed by atoms with Crippen LogP contribution in [0.25, 0.3) is 11.0 Å². The van der Waals surface area contributed by atoms with Crippen molar-refractivity contribution in [1.29, 1.82) is 0 Å². The Hall–Kier alpha value is -1.88. The van der Waals surface area contributed by atoms with E-state index in [0.717, 1.165) is 27.8 Å². The minimum absolute atomic E-state index is 0.295. The molecule has 3 N–H and O–H groups in total. The molecule has 0 bridgehead atoms. The lowest BCUT2D eigenvalue weighted by molar-refractivity contribution is 0.470. The Morgan fingerprint density at radius 3 is 2.76 bits per heavy atom. The van der Waals surface area contributed by atoms with Crippen LogP contribution in [0.4, 0.5) is 0 Å². The van der Waals surface area contributed by atoms with Crippen molar-refractivity contribution < 1.29 is 4.42 Å². The van der Waals surface area contributed by atoms with Gasteiger partial charge in [-0.15, -0.1) is 0 Å². The Morgan fingerprint density at radius 1 is 1.24 bits per heavy atom. The molecule has 0 aliphatic carbocycles. The number of nitrogens with two attached hydrogens (primary N) is 1. The van der Waals surface area contributed by atoms with Crippen LogP contribution in [-0.4, -0.2) is 4.98 Å². The lowest BCUT2D eigenvalue weighted by atomic mass is 10.0. The monoisotopic (exact) mass is 301 g/mol. The van der Waals surface area contributed by atoms with Crippen LogP contribution in [0.2, 0.25) is 5.02 Å². The van der Waals surface area contributed by atoms with Crippen molar-refractivity contribution >= 4 is 22.6 Å². The molecule has 0 saturated carbocycles. The van der Waals surface area contributed by atoms with Gasteiger partial charge >= 0.3 is 0 Å². The highest BCUT2D eigenvalue weighted by Crippen LogP contribution is 2.30. The maximum absolute atomic E-state index is 6.01. The largest absolute Gasteiger partial charge is 0.459 e. The maximum Gasteiger partial charge on any atom is 0.134 e. The fraction of sp³-hybridized carbons (Fsp3) is 0.188. The minimum atomic E-state index is -0.295. The SMILES string of the molecule is Cc1cnc(C(NN)c2cc3cc(Cl)ccc3o2)c(C)c1. The van der Waals surface area contributed by atoms with E-state index < -0.39 is 0 Å². The Morgan fingerprint density at radius 2 is 2.05 bits per heavy atom. The molecule has 0 fully saturated rings. The van der Waals surface area contributed by atoms with Gasteiger partial charge in [0.05, 0.1) is 5.69 Å². The first-order chi connectivity index (χ1) is 10.1. The topological polar surface area (TPSA) is 64.1 Å². The number of nitrogens with zero attached hydrogens (tertiary/aromatic N) is 1. The Kier molecular flexibility index (Phi) is 3.68. The van der Waals surface area contributed by atoms with Gasteiger partial charge in [0.15, 0.2) is 0 Å². The zero-order chi connectivity index (χ0) is 15.0. The van der Waals surface area contributed by atoms with Crippen LogP contribution in [0.3, 0.4) is 0 Å². The number of nitrogens with one attached hydrogen (secondary N) is 1. The van der Waals surface area contributed by atoms with Crippen molar-refractivity contribution in [2.75, 3.05) is 0 Å². The van der Waals surface area contributed by atoms with Gasteiger partial charge in [0.2, 0.25) is 0 Å². The Balaban J connectivity index is 2.09. The summed E-state index contributed by atoms with van der Waals surface area (Å²) in [5.41, 5.74) is 6.59. The molecule has 3 aromatic rings. The molecular formula is C16H16ClN3O. The predicted octanol–water partition coefficient (Wildman–Crippen LogP) is 3.65. The second kappa shape index (κ2) is 5.48. The van der Waals surface area contributed by atoms with E-state index in [1.165, 1.54) is 0 Å². The highest BCUT2D eigenvalue weighted by atomic mass is 35.5. The van der Waals surface area contributed by atoms with Crippen LogP contribution in [0.5, 0.6) is 0 Å². The Bertz CT molecular complexity index is 797. The molecule has 2 aromatic heterocycles. The summed E-state index contributed by atoms with van der Waals surface area (Å²) in [6.07, 6.45) is 1.83. The minimum Gasteiger partial charge on any atom is -0.459 e. The van der Waals surface area contributed by atoms with Gasteiger partial charge in [-0.1, -0.05) is 17.7 Å². The number of benzene rings is 1. The molecule has 0 aliphatic heterocycles. The molecule has 1 unspecified atom stereocenters. The third-order valence-corrected chi connectivity index (χ3v) is 3.71. The zero-order valence-corrected chi connectivity index (χ0v) is 12.6. The van der Waals surface area contributed by atoms with Gasteiger partial charge in [0.25, 0.3) is 0 Å². The van der Waals surface area contributed by atoms with Crippen LogP contribution in [0.1, 0.15) is 28.6 Å². The smallest absolute Gasteiger partial charge is 0.134 e. The molecule has 3 rings (SSSR count). The molecule has 0 spiro atoms. The average molecular weight is 302 g/mol. The number of rotatable bonds is 3. The fourth-order valence-corrected chi connectivity index (χ4v) is 2.68. The van der Waals surface area contributed by atoms with E-state index in [2.05, 4.69) is 16.5 Å². The summed E-state index contributed by atoms with van der Waals surface area (Å²) < 4.78 is 5.87. The number of hydrogen-bond donors (Lipinski definition) is 2. The quantitative estimate of drug-likeness (QED) is 0.572. The van der Waals surface area contributed by atoms with Crippen molar-refractivity contribution in [1.82, 2.24) is 10.4 Å². The first-order valence-electron chi connectivity index (χ1n) is 6.67. The molecule has 108 valence electrons. The van der Waals surface area contributed by atoms with Crippen molar-refractivity contribution in [2.45, 2.75) is 19.9 Å². The standard InChI is InChI=1S/C16H16ClN3O/c1-9-5-10(2)15(19-8-9)16(20-18)14-7-11-6-12(17)3-4-13(11)21-14/h3-8,16,20H,18H2,1-2H3. The normalized spacial score (nSPS) is 12.8. The first kappa shape index (κ1) is 14.1. The molecule has 4 nitrogen and oxygen atoms in total. The molecule has 0 amide bonds. The molecule has 1 atom stereocenters. The molecule has 5 heteroatoms. The van der Waals surface area contributed by atoms with Crippen LogP contribution in [-0.2, 0) is 0 Å². The number of aromatic nitrogens is 1. The van der Waals surface area contributed by atoms with Gasteiger partial charge < -0.3 is 4.42 Å². The van der Waals surface area contributed by atoms with E-state index in [1.54, 1.807) is 6.07 Å². The predicted molar refractivity (Wildman–Crippen MR) is 84.1 cm³/mol. The van der Waals surface area contributed by atoms with Crippen molar-refractivity contribution in [3.8, 4) is 0 Å². The van der Waals surface area contributed by atoms with E-state index in [9.17, 15) is 0 Å².